The molecular formula is C8H6ClF5N2O2S. The molecule has 2 N–H and O–H groups in total. The van der Waals surface area contributed by atoms with E-state index < -0.39 is 50.4 Å². The Morgan fingerprint density at radius 3 is 2.21 bits per heavy atom. The summed E-state index contributed by atoms with van der Waals surface area (Å²) in [6.45, 7) is 0. The first-order valence-corrected chi connectivity index (χ1v) is 6.54. The van der Waals surface area contributed by atoms with E-state index in [-0.39, 0.29) is 6.07 Å². The molecule has 0 aliphatic heterocycles. The van der Waals surface area contributed by atoms with Crippen molar-refractivity contribution in [3.05, 3.63) is 22.9 Å². The quantitative estimate of drug-likeness (QED) is 0.685. The minimum atomic E-state index is -4.99. The van der Waals surface area contributed by atoms with E-state index in [4.69, 9.17) is 11.6 Å². The summed E-state index contributed by atoms with van der Waals surface area (Å²) >= 11 is 5.21. The van der Waals surface area contributed by atoms with E-state index in [1.54, 1.807) is 0 Å². The van der Waals surface area contributed by atoms with E-state index in [1.807, 2.05) is 0 Å². The Morgan fingerprint density at radius 2 is 1.89 bits per heavy atom. The molecule has 0 amide bonds. The van der Waals surface area contributed by atoms with Gasteiger partial charge in [-0.3, -0.25) is 0 Å². The summed E-state index contributed by atoms with van der Waals surface area (Å²) in [7, 11) is -4.69. The average Bonchev–Trinajstić information content (AvgIpc) is 2.24. The van der Waals surface area contributed by atoms with Gasteiger partial charge in [0.1, 0.15) is 0 Å². The smallest absolute Gasteiger partial charge is 0.238 e. The third-order valence-corrected chi connectivity index (χ3v) is 3.15. The number of halogens is 6. The number of hydrogen-bond donors (Lipinski definition) is 1. The van der Waals surface area contributed by atoms with Crippen LogP contribution >= 0.6 is 11.6 Å². The second kappa shape index (κ2) is 5.17. The van der Waals surface area contributed by atoms with Gasteiger partial charge in [-0.05, 0) is 6.07 Å². The molecule has 0 spiro atoms. The normalized spacial score (nSPS) is 13.1. The molecule has 1 aromatic heterocycles. The van der Waals surface area contributed by atoms with Crippen LogP contribution in [-0.4, -0.2) is 13.4 Å². The molecule has 1 heterocycles. The van der Waals surface area contributed by atoms with Gasteiger partial charge in [0, 0.05) is 0 Å². The number of aromatic nitrogens is 1. The number of nitrogens with two attached hydrogens (primary N) is 1. The third kappa shape index (κ3) is 3.51. The molecular weight excluding hydrogens is 319 g/mol. The molecule has 1 rings (SSSR count). The van der Waals surface area contributed by atoms with E-state index >= 15 is 0 Å². The van der Waals surface area contributed by atoms with Crippen LogP contribution in [0.2, 0.25) is 0 Å². The summed E-state index contributed by atoms with van der Waals surface area (Å²) in [4.78, 5) is 3.01. The van der Waals surface area contributed by atoms with Gasteiger partial charge in [0.2, 0.25) is 0 Å². The van der Waals surface area contributed by atoms with Gasteiger partial charge in [-0.15, -0.1) is 11.6 Å². The molecule has 11 heteroatoms. The summed E-state index contributed by atoms with van der Waals surface area (Å²) < 4.78 is 85.0. The average molecular weight is 325 g/mol. The van der Waals surface area contributed by atoms with Gasteiger partial charge >= 0.3 is 6.18 Å². The Hall–Kier alpha value is -1.00. The van der Waals surface area contributed by atoms with Crippen LogP contribution in [0.5, 0.6) is 0 Å². The molecule has 0 aliphatic carbocycles. The minimum absolute atomic E-state index is 0.00484. The van der Waals surface area contributed by atoms with Gasteiger partial charge < -0.3 is 0 Å². The fourth-order valence-corrected chi connectivity index (χ4v) is 2.20. The summed E-state index contributed by atoms with van der Waals surface area (Å²) in [6, 6.07) is -0.00484. The number of nitrogens with zero attached hydrogens (tertiary/aromatic N) is 1. The van der Waals surface area contributed by atoms with Crippen molar-refractivity contribution < 1.29 is 30.4 Å². The second-order valence-corrected chi connectivity index (χ2v) is 5.10. The Labute approximate surface area is 109 Å². The lowest BCUT2D eigenvalue weighted by atomic mass is 10.1. The highest BCUT2D eigenvalue weighted by atomic mass is 35.5. The molecule has 19 heavy (non-hydrogen) atoms. The van der Waals surface area contributed by atoms with Crippen LogP contribution in [0.1, 0.15) is 23.2 Å². The monoisotopic (exact) mass is 324 g/mol. The van der Waals surface area contributed by atoms with Crippen molar-refractivity contribution in [1.82, 2.24) is 4.98 Å². The van der Waals surface area contributed by atoms with Crippen LogP contribution < -0.4 is 5.14 Å². The molecule has 0 atom stereocenters. The number of alkyl halides is 6. The van der Waals surface area contributed by atoms with E-state index in [2.05, 4.69) is 10.1 Å². The molecule has 0 radical (unpaired) electrons. The number of hydrogen-bond acceptors (Lipinski definition) is 3. The van der Waals surface area contributed by atoms with Crippen LogP contribution in [0.3, 0.4) is 0 Å². The largest absolute Gasteiger partial charge is 0.418 e. The summed E-state index contributed by atoms with van der Waals surface area (Å²) in [5.74, 6) is -0.805. The zero-order valence-corrected chi connectivity index (χ0v) is 10.5. The molecule has 0 unspecified atom stereocenters. The minimum Gasteiger partial charge on any atom is -0.238 e. The molecule has 108 valence electrons. The van der Waals surface area contributed by atoms with Crippen LogP contribution in [0.15, 0.2) is 11.1 Å². The Bertz CT molecular complexity index is 588. The van der Waals surface area contributed by atoms with Gasteiger partial charge in [-0.25, -0.2) is 27.3 Å². The highest BCUT2D eigenvalue weighted by Gasteiger charge is 2.37. The zero-order valence-electron chi connectivity index (χ0n) is 8.88. The van der Waals surface area contributed by atoms with E-state index in [1.165, 1.54) is 0 Å². The lowest BCUT2D eigenvalue weighted by molar-refractivity contribution is -0.138. The second-order valence-electron chi connectivity index (χ2n) is 3.35. The number of pyridine rings is 1. The maximum Gasteiger partial charge on any atom is 0.418 e. The molecule has 0 saturated heterocycles. The van der Waals surface area contributed by atoms with Crippen molar-refractivity contribution in [3.8, 4) is 0 Å². The molecule has 0 aromatic carbocycles. The molecule has 1 aromatic rings. The van der Waals surface area contributed by atoms with Crippen LogP contribution in [0, 0.1) is 0 Å². The first-order valence-electron chi connectivity index (χ1n) is 4.46. The van der Waals surface area contributed by atoms with Gasteiger partial charge in [0.25, 0.3) is 16.4 Å². The zero-order chi connectivity index (χ0) is 15.0. The third-order valence-electron chi connectivity index (χ3n) is 2.03. The summed E-state index contributed by atoms with van der Waals surface area (Å²) in [5, 5.41) is 3.32. The molecule has 0 bridgehead atoms. The highest BCUT2D eigenvalue weighted by Crippen LogP contribution is 2.36. The van der Waals surface area contributed by atoms with E-state index in [0.29, 0.717) is 0 Å². The lowest BCUT2D eigenvalue weighted by Crippen LogP contribution is -2.20. The first kappa shape index (κ1) is 16.1. The van der Waals surface area contributed by atoms with Crippen molar-refractivity contribution in [2.75, 3.05) is 0 Å². The van der Waals surface area contributed by atoms with Crippen LogP contribution in [-0.2, 0) is 22.1 Å². The first-order chi connectivity index (χ1) is 8.48. The molecule has 0 aliphatic rings. The predicted molar refractivity (Wildman–Crippen MR) is 55.1 cm³/mol. The topological polar surface area (TPSA) is 73.1 Å². The van der Waals surface area contributed by atoms with Gasteiger partial charge in [0.05, 0.1) is 22.7 Å². The van der Waals surface area contributed by atoms with Gasteiger partial charge in [-0.2, -0.15) is 13.2 Å². The summed E-state index contributed by atoms with van der Waals surface area (Å²) in [5.41, 5.74) is -3.82. The van der Waals surface area contributed by atoms with Crippen molar-refractivity contribution in [3.63, 3.8) is 0 Å². The van der Waals surface area contributed by atoms with E-state index in [9.17, 15) is 30.4 Å². The SMILES string of the molecule is NS(=O)(=O)c1nc(CCl)c(C(F)(F)F)cc1C(F)F. The van der Waals surface area contributed by atoms with E-state index in [0.717, 1.165) is 0 Å². The molecule has 4 nitrogen and oxygen atoms in total. The van der Waals surface area contributed by atoms with Crippen LogP contribution in [0.4, 0.5) is 22.0 Å². The highest BCUT2D eigenvalue weighted by molar-refractivity contribution is 7.89. The maximum absolute atomic E-state index is 12.6. The van der Waals surface area contributed by atoms with Gasteiger partial charge in [0.15, 0.2) is 5.03 Å². The lowest BCUT2D eigenvalue weighted by Gasteiger charge is -2.14. The Balaban J connectivity index is 3.71. The molecule has 0 saturated carbocycles. The van der Waals surface area contributed by atoms with Crippen molar-refractivity contribution in [1.29, 1.82) is 0 Å². The van der Waals surface area contributed by atoms with Crippen molar-refractivity contribution in [2.45, 2.75) is 23.5 Å². The number of sulfonamides is 1. The fraction of sp³-hybridized carbons (Fsp3) is 0.375. The standard InChI is InChI=1S/C8H6ClF5N2O2S/c9-2-5-4(8(12,13)14)1-3(6(10)11)7(16-5)19(15,17)18/h1,6H,2H2,(H2,15,17,18). The fourth-order valence-electron chi connectivity index (χ4n) is 1.28. The maximum atomic E-state index is 12.6. The Morgan fingerprint density at radius 1 is 1.37 bits per heavy atom. The van der Waals surface area contributed by atoms with Crippen molar-refractivity contribution in [2.24, 2.45) is 5.14 Å². The number of rotatable bonds is 3. The van der Waals surface area contributed by atoms with Gasteiger partial charge in [-0.1, -0.05) is 0 Å². The predicted octanol–water partition coefficient (Wildman–Crippen LogP) is 2.42. The summed E-state index contributed by atoms with van der Waals surface area (Å²) in [6.07, 6.45) is -8.47. The molecule has 0 fully saturated rings. The number of primary sulfonamides is 1. The van der Waals surface area contributed by atoms with Crippen molar-refractivity contribution >= 4 is 21.6 Å². The Kier molecular flexibility index (Phi) is 4.37. The van der Waals surface area contributed by atoms with Crippen LogP contribution in [0.25, 0.3) is 0 Å².